The van der Waals surface area contributed by atoms with Crippen molar-refractivity contribution in [2.75, 3.05) is 5.32 Å². The summed E-state index contributed by atoms with van der Waals surface area (Å²) in [5, 5.41) is 10.4. The zero-order chi connectivity index (χ0) is 21.0. The molecule has 2 N–H and O–H groups in total. The van der Waals surface area contributed by atoms with Gasteiger partial charge in [-0.05, 0) is 50.6 Å². The number of nitrogens with zero attached hydrogens (tertiary/aromatic N) is 2. The molecule has 6 heteroatoms. The van der Waals surface area contributed by atoms with Crippen LogP contribution in [-0.2, 0) is 16.0 Å². The Kier molecular flexibility index (Phi) is 6.12. The van der Waals surface area contributed by atoms with Crippen molar-refractivity contribution < 1.29 is 9.59 Å². The van der Waals surface area contributed by atoms with E-state index in [2.05, 4.69) is 15.7 Å². The minimum absolute atomic E-state index is 0.0683. The molecule has 0 aliphatic carbocycles. The van der Waals surface area contributed by atoms with Gasteiger partial charge in [0.1, 0.15) is 0 Å². The lowest BCUT2D eigenvalue weighted by Gasteiger charge is -2.16. The summed E-state index contributed by atoms with van der Waals surface area (Å²) in [7, 11) is 0. The molecule has 3 rings (SSSR count). The summed E-state index contributed by atoms with van der Waals surface area (Å²) in [5.74, 6) is -0.193. The van der Waals surface area contributed by atoms with Gasteiger partial charge in [0.05, 0.1) is 23.8 Å². The molecule has 0 aliphatic rings. The summed E-state index contributed by atoms with van der Waals surface area (Å²) in [6.45, 7) is 7.31. The van der Waals surface area contributed by atoms with E-state index in [1.54, 1.807) is 0 Å². The van der Waals surface area contributed by atoms with Crippen molar-refractivity contribution in [3.05, 3.63) is 77.1 Å². The third kappa shape index (κ3) is 4.90. The van der Waals surface area contributed by atoms with Gasteiger partial charge in [0.25, 0.3) is 0 Å². The largest absolute Gasteiger partial charge is 0.349 e. The summed E-state index contributed by atoms with van der Waals surface area (Å²) >= 11 is 0. The second-order valence-corrected chi connectivity index (χ2v) is 7.17. The average molecular weight is 390 g/mol. The van der Waals surface area contributed by atoms with E-state index in [9.17, 15) is 9.59 Å². The minimum Gasteiger partial charge on any atom is -0.349 e. The number of hydrogen-bond donors (Lipinski definition) is 2. The van der Waals surface area contributed by atoms with Crippen LogP contribution in [0.4, 0.5) is 5.69 Å². The van der Waals surface area contributed by atoms with Crippen molar-refractivity contribution in [1.82, 2.24) is 15.1 Å². The minimum atomic E-state index is -0.180. The van der Waals surface area contributed by atoms with Crippen LogP contribution in [0.3, 0.4) is 0 Å². The maximum atomic E-state index is 12.7. The Morgan fingerprint density at radius 3 is 2.48 bits per heavy atom. The molecule has 6 nitrogen and oxygen atoms in total. The molecule has 0 fully saturated rings. The number of para-hydroxylation sites is 1. The number of anilines is 1. The first kappa shape index (κ1) is 20.3. The third-order valence-corrected chi connectivity index (χ3v) is 4.86. The number of rotatable bonds is 6. The molecule has 1 heterocycles. The van der Waals surface area contributed by atoms with Gasteiger partial charge in [0, 0.05) is 23.9 Å². The molecular formula is C23H26N4O2. The summed E-state index contributed by atoms with van der Waals surface area (Å²) < 4.78 is 1.87. The van der Waals surface area contributed by atoms with Gasteiger partial charge < -0.3 is 10.6 Å². The topological polar surface area (TPSA) is 76.0 Å². The molecule has 1 aromatic heterocycles. The fraction of sp³-hybridized carbons (Fsp3) is 0.261. The number of aryl methyl sites for hydroxylation is 1. The summed E-state index contributed by atoms with van der Waals surface area (Å²) in [4.78, 5) is 23.9. The normalized spacial score (nSPS) is 11.7. The van der Waals surface area contributed by atoms with E-state index >= 15 is 0 Å². The highest BCUT2D eigenvalue weighted by molar-refractivity contribution is 5.88. The first-order valence-corrected chi connectivity index (χ1v) is 9.62. The molecular weight excluding hydrogens is 364 g/mol. The van der Waals surface area contributed by atoms with E-state index in [-0.39, 0.29) is 24.3 Å². The molecule has 0 spiro atoms. The summed E-state index contributed by atoms with van der Waals surface area (Å²) in [5.41, 5.74) is 5.37. The molecule has 1 unspecified atom stereocenters. The van der Waals surface area contributed by atoms with Crippen LogP contribution in [0.15, 0.2) is 54.6 Å². The van der Waals surface area contributed by atoms with Crippen LogP contribution in [0.1, 0.15) is 42.4 Å². The highest BCUT2D eigenvalue weighted by Crippen LogP contribution is 2.20. The fourth-order valence-electron chi connectivity index (χ4n) is 3.38. The second kappa shape index (κ2) is 8.73. The van der Waals surface area contributed by atoms with Gasteiger partial charge >= 0.3 is 0 Å². The fourth-order valence-corrected chi connectivity index (χ4v) is 3.38. The Morgan fingerprint density at radius 2 is 1.79 bits per heavy atom. The lowest BCUT2D eigenvalue weighted by Crippen LogP contribution is -2.28. The van der Waals surface area contributed by atoms with E-state index in [1.807, 2.05) is 80.1 Å². The van der Waals surface area contributed by atoms with Crippen LogP contribution >= 0.6 is 0 Å². The molecule has 0 saturated carbocycles. The molecule has 0 radical (unpaired) electrons. The van der Waals surface area contributed by atoms with Crippen molar-refractivity contribution in [1.29, 1.82) is 0 Å². The highest BCUT2D eigenvalue weighted by atomic mass is 16.2. The second-order valence-electron chi connectivity index (χ2n) is 7.17. The maximum absolute atomic E-state index is 12.7. The molecule has 29 heavy (non-hydrogen) atoms. The number of benzene rings is 2. The summed E-state index contributed by atoms with van der Waals surface area (Å²) in [6, 6.07) is 17.2. The molecule has 2 aromatic carbocycles. The number of hydrogen-bond acceptors (Lipinski definition) is 3. The Balaban J connectivity index is 1.71. The van der Waals surface area contributed by atoms with E-state index in [0.29, 0.717) is 5.69 Å². The monoisotopic (exact) mass is 390 g/mol. The molecule has 0 saturated heterocycles. The molecule has 2 amide bonds. The highest BCUT2D eigenvalue weighted by Gasteiger charge is 2.17. The van der Waals surface area contributed by atoms with Crippen LogP contribution < -0.4 is 10.6 Å². The quantitative estimate of drug-likeness (QED) is 0.671. The number of aromatic nitrogens is 2. The number of carbonyl (C=O) groups is 2. The molecule has 0 aliphatic heterocycles. The van der Waals surface area contributed by atoms with Gasteiger partial charge in [0.15, 0.2) is 0 Å². The molecule has 150 valence electrons. The standard InChI is InChI=1S/C23H26N4O2/c1-15(19-9-8-10-20(13-19)25-18(4)28)24-23(29)14-22-16(2)26-27(17(22)3)21-11-6-5-7-12-21/h5-13,15H,14H2,1-4H3,(H,24,29)(H,25,28). The van der Waals surface area contributed by atoms with Crippen LogP contribution in [0, 0.1) is 13.8 Å². The smallest absolute Gasteiger partial charge is 0.225 e. The predicted molar refractivity (Wildman–Crippen MR) is 114 cm³/mol. The van der Waals surface area contributed by atoms with Gasteiger partial charge in [-0.15, -0.1) is 0 Å². The number of amides is 2. The van der Waals surface area contributed by atoms with E-state index < -0.39 is 0 Å². The van der Waals surface area contributed by atoms with Crippen molar-refractivity contribution in [2.24, 2.45) is 0 Å². The van der Waals surface area contributed by atoms with Gasteiger partial charge in [-0.3, -0.25) is 9.59 Å². The lowest BCUT2D eigenvalue weighted by atomic mass is 10.1. The van der Waals surface area contributed by atoms with Crippen molar-refractivity contribution >= 4 is 17.5 Å². The van der Waals surface area contributed by atoms with Gasteiger partial charge in [0.2, 0.25) is 11.8 Å². The van der Waals surface area contributed by atoms with Crippen LogP contribution in [-0.4, -0.2) is 21.6 Å². The summed E-state index contributed by atoms with van der Waals surface area (Å²) in [6.07, 6.45) is 0.264. The molecule has 0 bridgehead atoms. The lowest BCUT2D eigenvalue weighted by molar-refractivity contribution is -0.121. The third-order valence-electron chi connectivity index (χ3n) is 4.86. The predicted octanol–water partition coefficient (Wildman–Crippen LogP) is 3.87. The van der Waals surface area contributed by atoms with Crippen LogP contribution in [0.2, 0.25) is 0 Å². The van der Waals surface area contributed by atoms with E-state index in [0.717, 1.165) is 28.2 Å². The Hall–Kier alpha value is -3.41. The zero-order valence-corrected chi connectivity index (χ0v) is 17.2. The van der Waals surface area contributed by atoms with Crippen LogP contribution in [0.5, 0.6) is 0 Å². The van der Waals surface area contributed by atoms with Gasteiger partial charge in [-0.1, -0.05) is 30.3 Å². The molecule has 3 aromatic rings. The van der Waals surface area contributed by atoms with Gasteiger partial charge in [-0.25, -0.2) is 4.68 Å². The SMILES string of the molecule is CC(=O)Nc1cccc(C(C)NC(=O)Cc2c(C)nn(-c3ccccc3)c2C)c1. The van der Waals surface area contributed by atoms with Crippen LogP contribution in [0.25, 0.3) is 5.69 Å². The number of nitrogens with one attached hydrogen (secondary N) is 2. The Labute approximate surface area is 170 Å². The Morgan fingerprint density at radius 1 is 1.07 bits per heavy atom. The van der Waals surface area contributed by atoms with Crippen molar-refractivity contribution in [3.8, 4) is 5.69 Å². The first-order valence-electron chi connectivity index (χ1n) is 9.62. The number of carbonyl (C=O) groups excluding carboxylic acids is 2. The average Bonchev–Trinajstić information content (AvgIpc) is 2.96. The van der Waals surface area contributed by atoms with Gasteiger partial charge in [-0.2, -0.15) is 5.10 Å². The zero-order valence-electron chi connectivity index (χ0n) is 17.2. The first-order chi connectivity index (χ1) is 13.8. The van der Waals surface area contributed by atoms with E-state index in [4.69, 9.17) is 0 Å². The Bertz CT molecular complexity index is 1020. The maximum Gasteiger partial charge on any atom is 0.225 e. The molecule has 1 atom stereocenters. The van der Waals surface area contributed by atoms with E-state index in [1.165, 1.54) is 6.92 Å². The van der Waals surface area contributed by atoms with Crippen molar-refractivity contribution in [2.45, 2.75) is 40.2 Å². The van der Waals surface area contributed by atoms with Crippen molar-refractivity contribution in [3.63, 3.8) is 0 Å².